The maximum atomic E-state index is 4.22. The van der Waals surface area contributed by atoms with Gasteiger partial charge in [0.1, 0.15) is 5.01 Å². The lowest BCUT2D eigenvalue weighted by Gasteiger charge is -2.25. The summed E-state index contributed by atoms with van der Waals surface area (Å²) in [5.41, 5.74) is 0. The van der Waals surface area contributed by atoms with E-state index < -0.39 is 0 Å². The summed E-state index contributed by atoms with van der Waals surface area (Å²) in [6.45, 7) is 3.47. The molecule has 14 heavy (non-hydrogen) atoms. The minimum atomic E-state index is 0.544. The predicted molar refractivity (Wildman–Crippen MR) is 61.3 cm³/mol. The molecule has 1 aromatic rings. The van der Waals surface area contributed by atoms with Crippen molar-refractivity contribution in [3.05, 3.63) is 22.7 Å². The third kappa shape index (κ3) is 2.66. The molecule has 3 heteroatoms. The zero-order valence-electron chi connectivity index (χ0n) is 8.44. The van der Waals surface area contributed by atoms with Gasteiger partial charge >= 0.3 is 0 Å². The molecule has 2 rings (SSSR count). The average molecular weight is 208 g/mol. The van der Waals surface area contributed by atoms with E-state index in [0.717, 1.165) is 17.5 Å². The molecule has 1 fully saturated rings. The molecule has 0 spiro atoms. The van der Waals surface area contributed by atoms with Crippen LogP contribution in [0.2, 0.25) is 0 Å². The average Bonchev–Trinajstić information content (AvgIpc) is 2.67. The second kappa shape index (κ2) is 4.71. The summed E-state index contributed by atoms with van der Waals surface area (Å²) < 4.78 is 0. The van der Waals surface area contributed by atoms with E-state index in [1.54, 1.807) is 11.3 Å². The van der Waals surface area contributed by atoms with Crippen LogP contribution in [-0.4, -0.2) is 17.6 Å². The number of aromatic nitrogens is 1. The zero-order chi connectivity index (χ0) is 9.80. The molecule has 0 aromatic carbocycles. The Balaban J connectivity index is 1.90. The lowest BCUT2D eigenvalue weighted by Crippen LogP contribution is -2.35. The summed E-state index contributed by atoms with van der Waals surface area (Å²) in [6, 6.07) is 0.544. The van der Waals surface area contributed by atoms with Gasteiger partial charge in [-0.2, -0.15) is 0 Å². The van der Waals surface area contributed by atoms with E-state index >= 15 is 0 Å². The predicted octanol–water partition coefficient (Wildman–Crippen LogP) is 2.54. The standard InChI is InChI=1S/C11H16N2S/c1-9-4-5-12-10(8-9)2-3-11-13-6-7-14-11/h2-3,6-7,9-10,12H,4-5,8H2,1H3/b3-2+. The molecule has 1 aliphatic heterocycles. The SMILES string of the molecule is CC1CCNC(/C=C/c2nccs2)C1. The van der Waals surface area contributed by atoms with Gasteiger partial charge in [-0.3, -0.25) is 0 Å². The molecular weight excluding hydrogens is 192 g/mol. The van der Waals surface area contributed by atoms with Gasteiger partial charge in [0.25, 0.3) is 0 Å². The van der Waals surface area contributed by atoms with E-state index in [2.05, 4.69) is 29.4 Å². The highest BCUT2D eigenvalue weighted by atomic mass is 32.1. The van der Waals surface area contributed by atoms with E-state index in [9.17, 15) is 0 Å². The summed E-state index contributed by atoms with van der Waals surface area (Å²) in [5.74, 6) is 0.849. The van der Waals surface area contributed by atoms with E-state index in [1.165, 1.54) is 12.8 Å². The summed E-state index contributed by atoms with van der Waals surface area (Å²) in [4.78, 5) is 4.22. The fraction of sp³-hybridized carbons (Fsp3) is 0.545. The summed E-state index contributed by atoms with van der Waals surface area (Å²) >= 11 is 1.69. The molecule has 0 radical (unpaired) electrons. The molecule has 2 nitrogen and oxygen atoms in total. The number of piperidine rings is 1. The number of thiazole rings is 1. The molecule has 76 valence electrons. The van der Waals surface area contributed by atoms with Gasteiger partial charge in [-0.1, -0.05) is 13.0 Å². The Hall–Kier alpha value is -0.670. The van der Waals surface area contributed by atoms with Gasteiger partial charge in [0.05, 0.1) is 0 Å². The number of hydrogen-bond acceptors (Lipinski definition) is 3. The normalized spacial score (nSPS) is 28.4. The van der Waals surface area contributed by atoms with Crippen molar-refractivity contribution < 1.29 is 0 Å². The van der Waals surface area contributed by atoms with E-state index in [4.69, 9.17) is 0 Å². The first-order valence-electron chi connectivity index (χ1n) is 5.15. The zero-order valence-corrected chi connectivity index (χ0v) is 9.26. The number of nitrogens with one attached hydrogen (secondary N) is 1. The van der Waals surface area contributed by atoms with Crippen molar-refractivity contribution in [2.75, 3.05) is 6.54 Å². The Labute approximate surface area is 89.1 Å². The van der Waals surface area contributed by atoms with Crippen LogP contribution in [0.1, 0.15) is 24.8 Å². The van der Waals surface area contributed by atoms with Crippen LogP contribution in [0.15, 0.2) is 17.7 Å². The Morgan fingerprint density at radius 1 is 1.64 bits per heavy atom. The van der Waals surface area contributed by atoms with Crippen LogP contribution >= 0.6 is 11.3 Å². The summed E-state index contributed by atoms with van der Waals surface area (Å²) in [6.07, 6.45) is 8.78. The molecule has 1 aliphatic rings. The van der Waals surface area contributed by atoms with Crippen molar-refractivity contribution >= 4 is 17.4 Å². The first kappa shape index (κ1) is 9.87. The fourth-order valence-electron chi connectivity index (χ4n) is 1.81. The first-order valence-corrected chi connectivity index (χ1v) is 6.03. The van der Waals surface area contributed by atoms with Gasteiger partial charge in [-0.25, -0.2) is 4.98 Å². The molecule has 0 amide bonds. The Bertz CT molecular complexity index is 292. The maximum absolute atomic E-state index is 4.22. The maximum Gasteiger partial charge on any atom is 0.115 e. The van der Waals surface area contributed by atoms with Crippen LogP contribution in [0.25, 0.3) is 6.08 Å². The van der Waals surface area contributed by atoms with Crippen LogP contribution in [-0.2, 0) is 0 Å². The lowest BCUT2D eigenvalue weighted by atomic mass is 9.94. The Morgan fingerprint density at radius 3 is 3.29 bits per heavy atom. The molecule has 1 N–H and O–H groups in total. The first-order chi connectivity index (χ1) is 6.84. The van der Waals surface area contributed by atoms with Crippen molar-refractivity contribution in [1.29, 1.82) is 0 Å². The van der Waals surface area contributed by atoms with Gasteiger partial charge in [0, 0.05) is 17.6 Å². The quantitative estimate of drug-likeness (QED) is 0.808. The van der Waals surface area contributed by atoms with Crippen molar-refractivity contribution in [2.45, 2.75) is 25.8 Å². The highest BCUT2D eigenvalue weighted by Crippen LogP contribution is 2.16. The number of nitrogens with zero attached hydrogens (tertiary/aromatic N) is 1. The van der Waals surface area contributed by atoms with Crippen molar-refractivity contribution in [2.24, 2.45) is 5.92 Å². The Morgan fingerprint density at radius 2 is 2.57 bits per heavy atom. The van der Waals surface area contributed by atoms with Crippen LogP contribution in [0.4, 0.5) is 0 Å². The van der Waals surface area contributed by atoms with E-state index in [1.807, 2.05) is 11.6 Å². The molecule has 0 saturated carbocycles. The number of rotatable bonds is 2. The summed E-state index contributed by atoms with van der Waals surface area (Å²) in [7, 11) is 0. The van der Waals surface area contributed by atoms with Gasteiger partial charge in [-0.05, 0) is 31.4 Å². The van der Waals surface area contributed by atoms with Crippen LogP contribution in [0, 0.1) is 5.92 Å². The highest BCUT2D eigenvalue weighted by molar-refractivity contribution is 7.10. The van der Waals surface area contributed by atoms with Gasteiger partial charge in [0.2, 0.25) is 0 Å². The summed E-state index contributed by atoms with van der Waals surface area (Å²) in [5, 5.41) is 6.61. The third-order valence-electron chi connectivity index (χ3n) is 2.62. The van der Waals surface area contributed by atoms with E-state index in [0.29, 0.717) is 6.04 Å². The monoisotopic (exact) mass is 208 g/mol. The van der Waals surface area contributed by atoms with Crippen molar-refractivity contribution in [1.82, 2.24) is 10.3 Å². The molecule has 2 heterocycles. The van der Waals surface area contributed by atoms with Gasteiger partial charge < -0.3 is 5.32 Å². The largest absolute Gasteiger partial charge is 0.310 e. The minimum Gasteiger partial charge on any atom is -0.310 e. The molecule has 2 unspecified atom stereocenters. The number of hydrogen-bond donors (Lipinski definition) is 1. The molecule has 0 aliphatic carbocycles. The highest BCUT2D eigenvalue weighted by Gasteiger charge is 2.15. The third-order valence-corrected chi connectivity index (χ3v) is 3.36. The van der Waals surface area contributed by atoms with Crippen molar-refractivity contribution in [3.63, 3.8) is 0 Å². The van der Waals surface area contributed by atoms with Crippen molar-refractivity contribution in [3.8, 4) is 0 Å². The molecule has 0 bridgehead atoms. The topological polar surface area (TPSA) is 24.9 Å². The second-order valence-corrected chi connectivity index (χ2v) is 4.85. The van der Waals surface area contributed by atoms with Gasteiger partial charge in [0.15, 0.2) is 0 Å². The molecular formula is C11H16N2S. The van der Waals surface area contributed by atoms with E-state index in [-0.39, 0.29) is 0 Å². The Kier molecular flexibility index (Phi) is 3.32. The second-order valence-electron chi connectivity index (χ2n) is 3.92. The van der Waals surface area contributed by atoms with Crippen LogP contribution in [0.3, 0.4) is 0 Å². The molecule has 1 aromatic heterocycles. The van der Waals surface area contributed by atoms with Crippen LogP contribution < -0.4 is 5.32 Å². The fourth-order valence-corrected chi connectivity index (χ4v) is 2.35. The van der Waals surface area contributed by atoms with Gasteiger partial charge in [-0.15, -0.1) is 11.3 Å². The van der Waals surface area contributed by atoms with Crippen LogP contribution in [0.5, 0.6) is 0 Å². The minimum absolute atomic E-state index is 0.544. The smallest absolute Gasteiger partial charge is 0.115 e. The lowest BCUT2D eigenvalue weighted by molar-refractivity contribution is 0.357. The molecule has 2 atom stereocenters. The molecule has 1 saturated heterocycles.